The van der Waals surface area contributed by atoms with Crippen LogP contribution < -0.4 is 0 Å². The van der Waals surface area contributed by atoms with Gasteiger partial charge in [-0.2, -0.15) is 0 Å². The van der Waals surface area contributed by atoms with Crippen LogP contribution in [0.25, 0.3) is 0 Å². The summed E-state index contributed by atoms with van der Waals surface area (Å²) in [5, 5.41) is 10.6. The summed E-state index contributed by atoms with van der Waals surface area (Å²) in [5.41, 5.74) is 0. The van der Waals surface area contributed by atoms with Crippen molar-refractivity contribution in [2.24, 2.45) is 7.05 Å². The summed E-state index contributed by atoms with van der Waals surface area (Å²) < 4.78 is 1.49. The van der Waals surface area contributed by atoms with Crippen molar-refractivity contribution in [3.8, 4) is 0 Å². The largest absolute Gasteiger partial charge is 0.358 e. The Hall–Kier alpha value is -1.89. The number of nitrogens with zero attached hydrogens (tertiary/aromatic N) is 4. The minimum Gasteiger partial charge on any atom is -0.358 e. The molecule has 7 heteroatoms. The van der Waals surface area contributed by atoms with E-state index in [-0.39, 0.29) is 5.82 Å². The molecule has 0 aliphatic heterocycles. The third-order valence-corrected chi connectivity index (χ3v) is 3.27. The fraction of sp³-hybridized carbons (Fsp3) is 0.200. The lowest BCUT2D eigenvalue weighted by Crippen LogP contribution is -2.00. The fourth-order valence-electron chi connectivity index (χ4n) is 1.32. The van der Waals surface area contributed by atoms with Gasteiger partial charge in [0.15, 0.2) is 0 Å². The van der Waals surface area contributed by atoms with Crippen molar-refractivity contribution in [3.63, 3.8) is 0 Å². The molecular formula is C10H10N4O2S. The lowest BCUT2D eigenvalue weighted by atomic mass is 10.5. The van der Waals surface area contributed by atoms with Crippen LogP contribution in [-0.2, 0) is 12.8 Å². The van der Waals surface area contributed by atoms with Crippen molar-refractivity contribution in [2.45, 2.75) is 10.6 Å². The van der Waals surface area contributed by atoms with Crippen molar-refractivity contribution in [2.75, 3.05) is 0 Å². The van der Waals surface area contributed by atoms with Crippen molar-refractivity contribution in [1.82, 2.24) is 14.5 Å². The molecule has 0 amide bonds. The highest BCUT2D eigenvalue weighted by molar-refractivity contribution is 7.98. The summed E-state index contributed by atoms with van der Waals surface area (Å²) in [5.74, 6) is 1.28. The van der Waals surface area contributed by atoms with Crippen LogP contribution in [0.2, 0.25) is 0 Å². The SMILES string of the molecule is Cn1c([N+](=O)[O-])cnc1CSc1ccncc1. The van der Waals surface area contributed by atoms with E-state index in [9.17, 15) is 10.1 Å². The van der Waals surface area contributed by atoms with Gasteiger partial charge in [0.2, 0.25) is 5.82 Å². The van der Waals surface area contributed by atoms with Gasteiger partial charge in [-0.05, 0) is 17.1 Å². The molecule has 17 heavy (non-hydrogen) atoms. The molecule has 2 rings (SSSR count). The smallest absolute Gasteiger partial charge is 0.342 e. The third kappa shape index (κ3) is 2.62. The molecule has 88 valence electrons. The Morgan fingerprint density at radius 2 is 2.18 bits per heavy atom. The number of aromatic nitrogens is 3. The second-order valence-electron chi connectivity index (χ2n) is 3.32. The van der Waals surface area contributed by atoms with Crippen LogP contribution in [0.15, 0.2) is 35.6 Å². The zero-order valence-electron chi connectivity index (χ0n) is 9.11. The maximum Gasteiger partial charge on any atom is 0.342 e. The van der Waals surface area contributed by atoms with Crippen molar-refractivity contribution < 1.29 is 4.92 Å². The van der Waals surface area contributed by atoms with Crippen LogP contribution in [0, 0.1) is 10.1 Å². The molecule has 0 N–H and O–H groups in total. The third-order valence-electron chi connectivity index (χ3n) is 2.26. The molecule has 0 saturated carbocycles. The summed E-state index contributed by atoms with van der Waals surface area (Å²) in [6, 6.07) is 3.78. The quantitative estimate of drug-likeness (QED) is 0.471. The zero-order valence-corrected chi connectivity index (χ0v) is 9.92. The monoisotopic (exact) mass is 250 g/mol. The minimum atomic E-state index is -0.437. The van der Waals surface area contributed by atoms with Crippen LogP contribution in [0.3, 0.4) is 0 Å². The number of imidazole rings is 1. The van der Waals surface area contributed by atoms with Gasteiger partial charge in [0.1, 0.15) is 6.20 Å². The van der Waals surface area contributed by atoms with Gasteiger partial charge in [0, 0.05) is 17.3 Å². The predicted octanol–water partition coefficient (Wildman–Crippen LogP) is 2.02. The van der Waals surface area contributed by atoms with Crippen LogP contribution in [0.5, 0.6) is 0 Å². The van der Waals surface area contributed by atoms with E-state index in [0.717, 1.165) is 4.90 Å². The highest BCUT2D eigenvalue weighted by Crippen LogP contribution is 2.22. The Balaban J connectivity index is 2.07. The van der Waals surface area contributed by atoms with Crippen molar-refractivity contribution >= 4 is 17.6 Å². The molecule has 0 aromatic carbocycles. The fourth-order valence-corrected chi connectivity index (χ4v) is 2.20. The first-order valence-electron chi connectivity index (χ1n) is 4.86. The Morgan fingerprint density at radius 1 is 1.47 bits per heavy atom. The van der Waals surface area contributed by atoms with Crippen molar-refractivity contribution in [1.29, 1.82) is 0 Å². The molecule has 0 spiro atoms. The van der Waals surface area contributed by atoms with E-state index in [0.29, 0.717) is 11.6 Å². The molecule has 0 saturated heterocycles. The lowest BCUT2D eigenvalue weighted by molar-refractivity contribution is -0.391. The molecule has 0 radical (unpaired) electrons. The normalized spacial score (nSPS) is 10.4. The summed E-state index contributed by atoms with van der Waals surface area (Å²) in [6.07, 6.45) is 4.70. The summed E-state index contributed by atoms with van der Waals surface area (Å²) in [4.78, 5) is 19.2. The van der Waals surface area contributed by atoms with Gasteiger partial charge in [-0.25, -0.2) is 9.55 Å². The Kier molecular flexibility index (Phi) is 3.38. The molecule has 2 aromatic rings. The van der Waals surface area contributed by atoms with E-state index in [1.165, 1.54) is 10.8 Å². The Bertz CT molecular complexity index is 526. The molecule has 0 aliphatic carbocycles. The van der Waals surface area contributed by atoms with Gasteiger partial charge in [-0.15, -0.1) is 11.8 Å². The maximum atomic E-state index is 10.6. The minimum absolute atomic E-state index is 0.00956. The van der Waals surface area contributed by atoms with E-state index < -0.39 is 4.92 Å². The van der Waals surface area contributed by atoms with Crippen LogP contribution >= 0.6 is 11.8 Å². The van der Waals surface area contributed by atoms with E-state index >= 15 is 0 Å². The van der Waals surface area contributed by atoms with Crippen LogP contribution in [0.1, 0.15) is 5.82 Å². The van der Waals surface area contributed by atoms with Gasteiger partial charge in [0.25, 0.3) is 0 Å². The number of rotatable bonds is 4. The number of pyridine rings is 1. The van der Waals surface area contributed by atoms with Gasteiger partial charge in [-0.1, -0.05) is 0 Å². The predicted molar refractivity (Wildman–Crippen MR) is 63.7 cm³/mol. The number of hydrogen-bond donors (Lipinski definition) is 0. The average Bonchev–Trinajstić information content (AvgIpc) is 2.69. The molecule has 6 nitrogen and oxygen atoms in total. The first-order chi connectivity index (χ1) is 8.18. The van der Waals surface area contributed by atoms with Gasteiger partial charge in [0.05, 0.1) is 12.8 Å². The molecule has 0 fully saturated rings. The second kappa shape index (κ2) is 4.96. The lowest BCUT2D eigenvalue weighted by Gasteiger charge is -1.99. The van der Waals surface area contributed by atoms with Gasteiger partial charge < -0.3 is 10.1 Å². The summed E-state index contributed by atoms with van der Waals surface area (Å²) >= 11 is 1.57. The molecule has 0 bridgehead atoms. The van der Waals surface area contributed by atoms with E-state index in [1.807, 2.05) is 12.1 Å². The van der Waals surface area contributed by atoms with E-state index in [2.05, 4.69) is 9.97 Å². The number of thioether (sulfide) groups is 1. The number of nitro groups is 1. The van der Waals surface area contributed by atoms with E-state index in [4.69, 9.17) is 0 Å². The molecular weight excluding hydrogens is 240 g/mol. The summed E-state index contributed by atoms with van der Waals surface area (Å²) in [7, 11) is 1.65. The first-order valence-corrected chi connectivity index (χ1v) is 5.85. The standard InChI is InChI=1S/C10H10N4O2S/c1-13-9(12-6-10(13)14(15)16)7-17-8-2-4-11-5-3-8/h2-6H,7H2,1H3. The van der Waals surface area contributed by atoms with Gasteiger partial charge in [-0.3, -0.25) is 4.98 Å². The Morgan fingerprint density at radius 3 is 2.76 bits per heavy atom. The molecule has 0 atom stereocenters. The summed E-state index contributed by atoms with van der Waals surface area (Å²) in [6.45, 7) is 0. The van der Waals surface area contributed by atoms with E-state index in [1.54, 1.807) is 31.2 Å². The number of hydrogen-bond acceptors (Lipinski definition) is 5. The molecule has 2 heterocycles. The first kappa shape index (κ1) is 11.6. The average molecular weight is 250 g/mol. The Labute approximate surface area is 102 Å². The van der Waals surface area contributed by atoms with Crippen molar-refractivity contribution in [3.05, 3.63) is 46.7 Å². The van der Waals surface area contributed by atoms with Crippen LogP contribution in [-0.4, -0.2) is 19.5 Å². The zero-order chi connectivity index (χ0) is 12.3. The van der Waals surface area contributed by atoms with Crippen LogP contribution in [0.4, 0.5) is 5.82 Å². The molecule has 0 unspecified atom stereocenters. The molecule has 2 aromatic heterocycles. The highest BCUT2D eigenvalue weighted by atomic mass is 32.2. The second-order valence-corrected chi connectivity index (χ2v) is 4.37. The topological polar surface area (TPSA) is 73.8 Å². The maximum absolute atomic E-state index is 10.6. The molecule has 0 aliphatic rings. The highest BCUT2D eigenvalue weighted by Gasteiger charge is 2.16. The van der Waals surface area contributed by atoms with Gasteiger partial charge >= 0.3 is 5.82 Å².